The summed E-state index contributed by atoms with van der Waals surface area (Å²) in [5, 5.41) is 0. The van der Waals surface area contributed by atoms with Crippen LogP contribution in [-0.4, -0.2) is 12.9 Å². The fourth-order valence-electron chi connectivity index (χ4n) is 1.79. The minimum absolute atomic E-state index is 0.137. The van der Waals surface area contributed by atoms with E-state index in [-0.39, 0.29) is 6.29 Å². The molecule has 1 atom stereocenters. The second kappa shape index (κ2) is 8.76. The standard InChI is InChI=1S/C16H24O2/c1-4-7-8-12-16(17-6-3)18-15-11-9-10-14(5-2)13-15/h5,9-11,13,16H,2,4,6-8,12H2,1,3H3. The van der Waals surface area contributed by atoms with Gasteiger partial charge in [-0.2, -0.15) is 0 Å². The molecule has 0 saturated heterocycles. The van der Waals surface area contributed by atoms with E-state index in [1.807, 2.05) is 37.3 Å². The van der Waals surface area contributed by atoms with Gasteiger partial charge in [0, 0.05) is 13.0 Å². The van der Waals surface area contributed by atoms with Crippen molar-refractivity contribution in [2.24, 2.45) is 0 Å². The fraction of sp³-hybridized carbons (Fsp3) is 0.500. The molecule has 2 nitrogen and oxygen atoms in total. The molecule has 0 radical (unpaired) electrons. The Labute approximate surface area is 111 Å². The molecule has 1 aromatic rings. The largest absolute Gasteiger partial charge is 0.465 e. The van der Waals surface area contributed by atoms with Crippen molar-refractivity contribution in [3.05, 3.63) is 36.4 Å². The van der Waals surface area contributed by atoms with Gasteiger partial charge in [0.2, 0.25) is 0 Å². The van der Waals surface area contributed by atoms with E-state index in [0.29, 0.717) is 6.61 Å². The molecule has 0 spiro atoms. The van der Waals surface area contributed by atoms with Crippen LogP contribution in [-0.2, 0) is 4.74 Å². The third-order valence-electron chi connectivity index (χ3n) is 2.76. The normalized spacial score (nSPS) is 12.1. The lowest BCUT2D eigenvalue weighted by Gasteiger charge is -2.19. The Balaban J connectivity index is 2.54. The third kappa shape index (κ3) is 5.37. The lowest BCUT2D eigenvalue weighted by atomic mass is 10.2. The maximum Gasteiger partial charge on any atom is 0.199 e. The first kappa shape index (κ1) is 14.8. The summed E-state index contributed by atoms with van der Waals surface area (Å²) in [4.78, 5) is 0. The van der Waals surface area contributed by atoms with Gasteiger partial charge >= 0.3 is 0 Å². The molecule has 0 fully saturated rings. The maximum atomic E-state index is 5.87. The molecule has 0 aliphatic heterocycles. The number of unbranched alkanes of at least 4 members (excludes halogenated alkanes) is 2. The second-order valence-corrected chi connectivity index (χ2v) is 4.28. The van der Waals surface area contributed by atoms with Crippen LogP contribution in [0.15, 0.2) is 30.8 Å². The van der Waals surface area contributed by atoms with Gasteiger partial charge < -0.3 is 9.47 Å². The average Bonchev–Trinajstić information content (AvgIpc) is 2.39. The minimum Gasteiger partial charge on any atom is -0.465 e. The van der Waals surface area contributed by atoms with Gasteiger partial charge in [0.25, 0.3) is 0 Å². The van der Waals surface area contributed by atoms with Crippen LogP contribution in [0.3, 0.4) is 0 Å². The zero-order chi connectivity index (χ0) is 13.2. The van der Waals surface area contributed by atoms with E-state index < -0.39 is 0 Å². The molecule has 1 rings (SSSR count). The van der Waals surface area contributed by atoms with Crippen LogP contribution < -0.4 is 4.74 Å². The van der Waals surface area contributed by atoms with Gasteiger partial charge in [-0.15, -0.1) is 0 Å². The molecule has 0 N–H and O–H groups in total. The van der Waals surface area contributed by atoms with Gasteiger partial charge in [-0.25, -0.2) is 0 Å². The molecule has 100 valence electrons. The Morgan fingerprint density at radius 3 is 2.78 bits per heavy atom. The summed E-state index contributed by atoms with van der Waals surface area (Å²) in [6, 6.07) is 7.92. The first-order chi connectivity index (χ1) is 8.80. The SMILES string of the molecule is C=Cc1cccc(OC(CCCCC)OCC)c1. The minimum atomic E-state index is -0.137. The summed E-state index contributed by atoms with van der Waals surface area (Å²) in [7, 11) is 0. The quantitative estimate of drug-likeness (QED) is 0.468. The van der Waals surface area contributed by atoms with Gasteiger partial charge in [-0.1, -0.05) is 44.6 Å². The van der Waals surface area contributed by atoms with E-state index >= 15 is 0 Å². The van der Waals surface area contributed by atoms with Crippen molar-refractivity contribution in [1.82, 2.24) is 0 Å². The van der Waals surface area contributed by atoms with Crippen LogP contribution in [0.25, 0.3) is 6.08 Å². The molecular weight excluding hydrogens is 224 g/mol. The van der Waals surface area contributed by atoms with Gasteiger partial charge in [-0.3, -0.25) is 0 Å². The van der Waals surface area contributed by atoms with Crippen LogP contribution in [0.1, 0.15) is 45.1 Å². The Hall–Kier alpha value is -1.28. The summed E-state index contributed by atoms with van der Waals surface area (Å²) in [6.45, 7) is 8.63. The summed E-state index contributed by atoms with van der Waals surface area (Å²) in [5.41, 5.74) is 1.07. The van der Waals surface area contributed by atoms with Crippen molar-refractivity contribution in [3.8, 4) is 5.75 Å². The van der Waals surface area contributed by atoms with E-state index in [0.717, 1.165) is 24.2 Å². The van der Waals surface area contributed by atoms with Crippen LogP contribution >= 0.6 is 0 Å². The van der Waals surface area contributed by atoms with E-state index in [4.69, 9.17) is 9.47 Å². The zero-order valence-corrected chi connectivity index (χ0v) is 11.5. The average molecular weight is 248 g/mol. The highest BCUT2D eigenvalue weighted by Crippen LogP contribution is 2.18. The molecule has 18 heavy (non-hydrogen) atoms. The molecule has 0 aromatic heterocycles. The molecule has 1 aromatic carbocycles. The predicted molar refractivity (Wildman–Crippen MR) is 76.7 cm³/mol. The number of rotatable bonds is 9. The lowest BCUT2D eigenvalue weighted by molar-refractivity contribution is -0.0807. The molecule has 1 unspecified atom stereocenters. The molecule has 2 heteroatoms. The van der Waals surface area contributed by atoms with Crippen LogP contribution in [0, 0.1) is 0 Å². The summed E-state index contributed by atoms with van der Waals surface area (Å²) in [5.74, 6) is 0.849. The molecule has 0 aliphatic rings. The first-order valence-electron chi connectivity index (χ1n) is 6.80. The summed E-state index contributed by atoms with van der Waals surface area (Å²) >= 11 is 0. The number of hydrogen-bond donors (Lipinski definition) is 0. The van der Waals surface area contributed by atoms with Gasteiger partial charge in [0.1, 0.15) is 5.75 Å². The van der Waals surface area contributed by atoms with E-state index in [9.17, 15) is 0 Å². The second-order valence-electron chi connectivity index (χ2n) is 4.28. The monoisotopic (exact) mass is 248 g/mol. The van der Waals surface area contributed by atoms with Crippen molar-refractivity contribution in [2.45, 2.75) is 45.8 Å². The van der Waals surface area contributed by atoms with Crippen LogP contribution in [0.5, 0.6) is 5.75 Å². The highest BCUT2D eigenvalue weighted by atomic mass is 16.7. The smallest absolute Gasteiger partial charge is 0.199 e. The third-order valence-corrected chi connectivity index (χ3v) is 2.76. The first-order valence-corrected chi connectivity index (χ1v) is 6.80. The Kier molecular flexibility index (Phi) is 7.19. The van der Waals surface area contributed by atoms with Crippen molar-refractivity contribution >= 4 is 6.08 Å². The molecule has 0 aliphatic carbocycles. The molecule has 0 bridgehead atoms. The van der Waals surface area contributed by atoms with Crippen molar-refractivity contribution in [3.63, 3.8) is 0 Å². The Morgan fingerprint density at radius 1 is 1.28 bits per heavy atom. The summed E-state index contributed by atoms with van der Waals surface area (Å²) < 4.78 is 11.5. The number of ether oxygens (including phenoxy) is 2. The lowest BCUT2D eigenvalue weighted by Crippen LogP contribution is -2.20. The Morgan fingerprint density at radius 2 is 2.11 bits per heavy atom. The molecular formula is C16H24O2. The summed E-state index contributed by atoms with van der Waals surface area (Å²) in [6.07, 6.45) is 6.20. The maximum absolute atomic E-state index is 5.87. The molecule has 0 saturated carbocycles. The fourth-order valence-corrected chi connectivity index (χ4v) is 1.79. The van der Waals surface area contributed by atoms with Crippen molar-refractivity contribution in [1.29, 1.82) is 0 Å². The van der Waals surface area contributed by atoms with Crippen molar-refractivity contribution in [2.75, 3.05) is 6.61 Å². The van der Waals surface area contributed by atoms with Crippen LogP contribution in [0.2, 0.25) is 0 Å². The van der Waals surface area contributed by atoms with E-state index in [1.165, 1.54) is 12.8 Å². The van der Waals surface area contributed by atoms with Crippen LogP contribution in [0.4, 0.5) is 0 Å². The van der Waals surface area contributed by atoms with Crippen molar-refractivity contribution < 1.29 is 9.47 Å². The van der Waals surface area contributed by atoms with E-state index in [2.05, 4.69) is 13.5 Å². The topological polar surface area (TPSA) is 18.5 Å². The number of benzene rings is 1. The molecule has 0 amide bonds. The van der Waals surface area contributed by atoms with Gasteiger partial charge in [0.15, 0.2) is 6.29 Å². The highest BCUT2D eigenvalue weighted by Gasteiger charge is 2.09. The van der Waals surface area contributed by atoms with Gasteiger partial charge in [-0.05, 0) is 31.0 Å². The van der Waals surface area contributed by atoms with Gasteiger partial charge in [0.05, 0.1) is 0 Å². The zero-order valence-electron chi connectivity index (χ0n) is 11.5. The van der Waals surface area contributed by atoms with E-state index in [1.54, 1.807) is 0 Å². The Bertz CT molecular complexity index is 347. The molecule has 0 heterocycles. The highest BCUT2D eigenvalue weighted by molar-refractivity contribution is 5.49. The predicted octanol–water partition coefficient (Wildman–Crippen LogP) is 4.65. The number of hydrogen-bond acceptors (Lipinski definition) is 2.